The van der Waals surface area contributed by atoms with Crippen molar-refractivity contribution in [2.24, 2.45) is 5.92 Å². The van der Waals surface area contributed by atoms with Crippen molar-refractivity contribution in [2.45, 2.75) is 43.4 Å². The third-order valence-electron chi connectivity index (χ3n) is 6.46. The molecule has 2 saturated heterocycles. The van der Waals surface area contributed by atoms with Crippen molar-refractivity contribution in [3.8, 4) is 0 Å². The van der Waals surface area contributed by atoms with Crippen molar-refractivity contribution >= 4 is 27.5 Å². The fourth-order valence-electron chi connectivity index (χ4n) is 4.59. The fourth-order valence-corrected chi connectivity index (χ4v) is 5.66. The van der Waals surface area contributed by atoms with Crippen LogP contribution in [0.15, 0.2) is 59.5 Å². The molecule has 0 unspecified atom stereocenters. The molecule has 0 atom stereocenters. The Kier molecular flexibility index (Phi) is 7.33. The molecule has 2 amide bonds. The first kappa shape index (κ1) is 23.3. The lowest BCUT2D eigenvalue weighted by molar-refractivity contribution is -0.136. The molecule has 0 aliphatic carbocycles. The predicted molar refractivity (Wildman–Crippen MR) is 127 cm³/mol. The molecule has 0 spiro atoms. The molecule has 1 N–H and O–H groups in total. The topological polar surface area (TPSA) is 86.8 Å². The molecule has 2 aliphatic heterocycles. The summed E-state index contributed by atoms with van der Waals surface area (Å²) in [4.78, 5) is 29.9. The molecule has 0 aromatic heterocycles. The zero-order chi connectivity index (χ0) is 23.3. The number of nitrogens with zero attached hydrogens (tertiary/aromatic N) is 2. The van der Waals surface area contributed by atoms with Gasteiger partial charge in [0.15, 0.2) is 0 Å². The van der Waals surface area contributed by atoms with Gasteiger partial charge in [0.05, 0.1) is 4.90 Å². The summed E-state index contributed by atoms with van der Waals surface area (Å²) in [6.45, 7) is 2.76. The number of carbonyl (C=O) groups is 2. The van der Waals surface area contributed by atoms with Crippen molar-refractivity contribution in [3.05, 3.63) is 60.2 Å². The molecular formula is C25H31N3O4S. The van der Waals surface area contributed by atoms with Crippen molar-refractivity contribution in [1.82, 2.24) is 9.80 Å². The van der Waals surface area contributed by atoms with Gasteiger partial charge in [-0.25, -0.2) is 8.42 Å². The van der Waals surface area contributed by atoms with Gasteiger partial charge in [-0.05, 0) is 56.0 Å². The molecule has 8 heteroatoms. The van der Waals surface area contributed by atoms with Gasteiger partial charge in [-0.3, -0.25) is 14.3 Å². The maximum Gasteiger partial charge on any atom is 0.261 e. The van der Waals surface area contributed by atoms with E-state index in [1.165, 1.54) is 25.0 Å². The molecule has 33 heavy (non-hydrogen) atoms. The Morgan fingerprint density at radius 3 is 2.12 bits per heavy atom. The van der Waals surface area contributed by atoms with Crippen LogP contribution in [0.5, 0.6) is 0 Å². The molecule has 2 aromatic rings. The monoisotopic (exact) mass is 469 g/mol. The summed E-state index contributed by atoms with van der Waals surface area (Å²) >= 11 is 0. The summed E-state index contributed by atoms with van der Waals surface area (Å²) in [5.74, 6) is 0.0777. The number of anilines is 1. The van der Waals surface area contributed by atoms with Crippen molar-refractivity contribution in [2.75, 3.05) is 30.9 Å². The molecule has 2 heterocycles. The van der Waals surface area contributed by atoms with Gasteiger partial charge in [0.1, 0.15) is 0 Å². The minimum Gasteiger partial charge on any atom is -0.342 e. The van der Waals surface area contributed by atoms with E-state index in [0.29, 0.717) is 37.2 Å². The Hall–Kier alpha value is -2.87. The van der Waals surface area contributed by atoms with E-state index in [4.69, 9.17) is 0 Å². The van der Waals surface area contributed by atoms with Gasteiger partial charge in [0.25, 0.3) is 15.9 Å². The maximum absolute atomic E-state index is 13.1. The molecule has 2 aliphatic rings. The quantitative estimate of drug-likeness (QED) is 0.723. The van der Waals surface area contributed by atoms with E-state index < -0.39 is 10.0 Å². The number of hydrogen-bond donors (Lipinski definition) is 1. The van der Waals surface area contributed by atoms with Crippen LogP contribution in [0.2, 0.25) is 0 Å². The first-order valence-corrected chi connectivity index (χ1v) is 13.2. The van der Waals surface area contributed by atoms with Crippen LogP contribution in [-0.2, 0) is 14.8 Å². The second-order valence-electron chi connectivity index (χ2n) is 8.81. The molecule has 2 aromatic carbocycles. The normalized spacial score (nSPS) is 17.9. The predicted octanol–water partition coefficient (Wildman–Crippen LogP) is 3.74. The van der Waals surface area contributed by atoms with E-state index in [1.54, 1.807) is 47.4 Å². The van der Waals surface area contributed by atoms with Gasteiger partial charge in [0.2, 0.25) is 5.91 Å². The van der Waals surface area contributed by atoms with Crippen LogP contribution in [0, 0.1) is 5.92 Å². The number of likely N-dealkylation sites (tertiary alicyclic amines) is 2. The Balaban J connectivity index is 1.37. The Labute approximate surface area is 195 Å². The largest absolute Gasteiger partial charge is 0.342 e. The first-order chi connectivity index (χ1) is 15.9. The first-order valence-electron chi connectivity index (χ1n) is 11.7. The minimum atomic E-state index is -3.73. The van der Waals surface area contributed by atoms with Crippen molar-refractivity contribution in [1.29, 1.82) is 0 Å². The third-order valence-corrected chi connectivity index (χ3v) is 7.86. The molecule has 4 rings (SSSR count). The van der Waals surface area contributed by atoms with E-state index in [0.717, 1.165) is 25.9 Å². The number of sulfonamides is 1. The summed E-state index contributed by atoms with van der Waals surface area (Å²) in [5, 5.41) is 0. The van der Waals surface area contributed by atoms with Gasteiger partial charge in [0, 0.05) is 43.3 Å². The molecule has 7 nitrogen and oxygen atoms in total. The summed E-state index contributed by atoms with van der Waals surface area (Å²) < 4.78 is 27.7. The zero-order valence-corrected chi connectivity index (χ0v) is 19.6. The van der Waals surface area contributed by atoms with Gasteiger partial charge in [-0.2, -0.15) is 0 Å². The number of piperidine rings is 1. The van der Waals surface area contributed by atoms with E-state index in [1.807, 2.05) is 4.90 Å². The van der Waals surface area contributed by atoms with Crippen LogP contribution in [0.1, 0.15) is 48.9 Å². The highest BCUT2D eigenvalue weighted by molar-refractivity contribution is 7.92. The molecule has 0 saturated carbocycles. The molecular weight excluding hydrogens is 438 g/mol. The maximum atomic E-state index is 13.1. The minimum absolute atomic E-state index is 0.0174. The number of nitrogens with one attached hydrogen (secondary N) is 1. The Morgan fingerprint density at radius 2 is 1.45 bits per heavy atom. The molecule has 176 valence electrons. The summed E-state index contributed by atoms with van der Waals surface area (Å²) in [6, 6.07) is 14.7. The summed E-state index contributed by atoms with van der Waals surface area (Å²) in [6.07, 6.45) is 5.87. The highest BCUT2D eigenvalue weighted by atomic mass is 32.2. The van der Waals surface area contributed by atoms with E-state index in [9.17, 15) is 18.0 Å². The van der Waals surface area contributed by atoms with Gasteiger partial charge >= 0.3 is 0 Å². The molecule has 0 radical (unpaired) electrons. The number of carbonyl (C=O) groups excluding carboxylic acids is 2. The number of hydrogen-bond acceptors (Lipinski definition) is 4. The second-order valence-corrected chi connectivity index (χ2v) is 10.5. The average molecular weight is 470 g/mol. The fraction of sp³-hybridized carbons (Fsp3) is 0.440. The number of rotatable bonds is 5. The van der Waals surface area contributed by atoms with Crippen LogP contribution >= 0.6 is 0 Å². The average Bonchev–Trinajstić information content (AvgIpc) is 3.13. The lowest BCUT2D eigenvalue weighted by Crippen LogP contribution is -2.44. The highest BCUT2D eigenvalue weighted by Crippen LogP contribution is 2.24. The Bertz CT molecular complexity index is 1070. The van der Waals surface area contributed by atoms with Crippen LogP contribution in [-0.4, -0.2) is 56.2 Å². The van der Waals surface area contributed by atoms with Crippen LogP contribution in [0.4, 0.5) is 5.69 Å². The van der Waals surface area contributed by atoms with Gasteiger partial charge in [-0.15, -0.1) is 0 Å². The van der Waals surface area contributed by atoms with E-state index in [2.05, 4.69) is 4.72 Å². The lowest BCUT2D eigenvalue weighted by atomic mass is 9.94. The second kappa shape index (κ2) is 10.4. The van der Waals surface area contributed by atoms with E-state index in [-0.39, 0.29) is 22.6 Å². The van der Waals surface area contributed by atoms with Gasteiger partial charge in [-0.1, -0.05) is 37.1 Å². The van der Waals surface area contributed by atoms with E-state index >= 15 is 0 Å². The highest BCUT2D eigenvalue weighted by Gasteiger charge is 2.31. The smallest absolute Gasteiger partial charge is 0.261 e. The molecule has 2 fully saturated rings. The molecule has 0 bridgehead atoms. The number of benzene rings is 2. The van der Waals surface area contributed by atoms with Crippen LogP contribution in [0.25, 0.3) is 0 Å². The Morgan fingerprint density at radius 1 is 0.788 bits per heavy atom. The SMILES string of the molecule is O=C(c1cccc(NS(=O)(=O)c2ccccc2)c1)N1CCC(C(=O)N2CCCCCC2)CC1. The standard InChI is InChI=1S/C25H31N3O4S/c29-24(27-15-6-1-2-7-16-27)20-13-17-28(18-14-20)25(30)21-9-8-10-22(19-21)26-33(31,32)23-11-4-3-5-12-23/h3-5,8-12,19-20,26H,1-2,6-7,13-18H2. The van der Waals surface area contributed by atoms with Gasteiger partial charge < -0.3 is 9.80 Å². The zero-order valence-electron chi connectivity index (χ0n) is 18.8. The van der Waals surface area contributed by atoms with Crippen LogP contribution < -0.4 is 4.72 Å². The third kappa shape index (κ3) is 5.74. The van der Waals surface area contributed by atoms with Crippen molar-refractivity contribution in [3.63, 3.8) is 0 Å². The number of amides is 2. The lowest BCUT2D eigenvalue weighted by Gasteiger charge is -2.34. The summed E-state index contributed by atoms with van der Waals surface area (Å²) in [5.41, 5.74) is 0.775. The van der Waals surface area contributed by atoms with Crippen molar-refractivity contribution < 1.29 is 18.0 Å². The van der Waals surface area contributed by atoms with Crippen LogP contribution in [0.3, 0.4) is 0 Å². The summed E-state index contributed by atoms with van der Waals surface area (Å²) in [7, 11) is -3.73.